The SMILES string of the molecule is CCC(=O)O[C@@H]1[C@@H]2C(=C(O)c3c(O)cccc3[C@H]2CSCCC(C)C)C(=O)[C@@]2(O)C(O)=C(C(N)=O)C(=O)[C@H](N(C)C)[C@@H]12. The van der Waals surface area contributed by atoms with Crippen LogP contribution in [0.25, 0.3) is 5.76 Å². The van der Waals surface area contributed by atoms with Crippen molar-refractivity contribution >= 4 is 41.0 Å². The Morgan fingerprint density at radius 3 is 2.40 bits per heavy atom. The van der Waals surface area contributed by atoms with Gasteiger partial charge in [-0.15, -0.1) is 0 Å². The van der Waals surface area contributed by atoms with E-state index in [-0.39, 0.29) is 23.3 Å². The molecule has 0 saturated heterocycles. The number of ketones is 2. The van der Waals surface area contributed by atoms with Crippen molar-refractivity contribution in [3.8, 4) is 5.75 Å². The van der Waals surface area contributed by atoms with Gasteiger partial charge in [-0.25, -0.2) is 0 Å². The molecule has 0 aromatic heterocycles. The molecule has 6 atom stereocenters. The molecule has 1 fully saturated rings. The van der Waals surface area contributed by atoms with Gasteiger partial charge in [0.15, 0.2) is 11.4 Å². The van der Waals surface area contributed by atoms with Crippen molar-refractivity contribution in [1.29, 1.82) is 0 Å². The standard InChI is InChI=1S/C30H38N2O9S/c1-6-17(34)41-26-19-15(12-42-11-10-13(2)3)14-8-7-9-16(33)18(14)24(35)20(19)27(37)30(40)22(26)23(32(4)5)25(36)21(28(30)38)29(31)39/h7-9,13,15,19,22-23,26,33,35,38,40H,6,10-12H2,1-5H3,(H2,31,39)/t15-,19+,22+,23-,26-,30-/m1/s1. The number of benzene rings is 1. The highest BCUT2D eigenvalue weighted by atomic mass is 32.2. The van der Waals surface area contributed by atoms with Crippen LogP contribution in [-0.2, 0) is 23.9 Å². The van der Waals surface area contributed by atoms with Gasteiger partial charge in [-0.2, -0.15) is 11.8 Å². The third kappa shape index (κ3) is 4.88. The fourth-order valence-corrected chi connectivity index (χ4v) is 7.92. The van der Waals surface area contributed by atoms with Crippen LogP contribution in [0.5, 0.6) is 5.75 Å². The molecular formula is C30H38N2O9S. The van der Waals surface area contributed by atoms with E-state index in [1.165, 1.54) is 25.1 Å². The Kier molecular flexibility index (Phi) is 8.82. The molecule has 0 radical (unpaired) electrons. The number of phenols is 1. The van der Waals surface area contributed by atoms with Gasteiger partial charge in [0.25, 0.3) is 5.91 Å². The van der Waals surface area contributed by atoms with Crippen molar-refractivity contribution in [2.24, 2.45) is 23.5 Å². The zero-order valence-corrected chi connectivity index (χ0v) is 25.1. The van der Waals surface area contributed by atoms with E-state index in [2.05, 4.69) is 13.8 Å². The predicted molar refractivity (Wildman–Crippen MR) is 156 cm³/mol. The molecule has 1 saturated carbocycles. The molecule has 4 rings (SSSR count). The molecule has 3 aliphatic carbocycles. The van der Waals surface area contributed by atoms with Crippen LogP contribution in [0.3, 0.4) is 0 Å². The number of rotatable bonds is 9. The Bertz CT molecular complexity index is 1380. The maximum absolute atomic E-state index is 14.4. The van der Waals surface area contributed by atoms with E-state index in [1.54, 1.807) is 30.8 Å². The quantitative estimate of drug-likeness (QED) is 0.158. The molecule has 1 aromatic rings. The number of aliphatic hydroxyl groups excluding tert-OH is 2. The Morgan fingerprint density at radius 2 is 1.83 bits per heavy atom. The highest BCUT2D eigenvalue weighted by molar-refractivity contribution is 7.99. The summed E-state index contributed by atoms with van der Waals surface area (Å²) in [5, 5.41) is 45.7. The number of hydrogen-bond acceptors (Lipinski definition) is 11. The summed E-state index contributed by atoms with van der Waals surface area (Å²) in [5.41, 5.74) is 1.66. The van der Waals surface area contributed by atoms with Gasteiger partial charge in [0.2, 0.25) is 5.78 Å². The largest absolute Gasteiger partial charge is 0.508 e. The number of primary amides is 1. The molecule has 42 heavy (non-hydrogen) atoms. The highest BCUT2D eigenvalue weighted by Crippen LogP contribution is 2.57. The van der Waals surface area contributed by atoms with Gasteiger partial charge < -0.3 is 30.9 Å². The average molecular weight is 603 g/mol. The van der Waals surface area contributed by atoms with Crippen LogP contribution in [-0.4, -0.2) is 92.1 Å². The van der Waals surface area contributed by atoms with Crippen LogP contribution in [0.15, 0.2) is 35.1 Å². The van der Waals surface area contributed by atoms with Crippen LogP contribution in [0.4, 0.5) is 0 Å². The summed E-state index contributed by atoms with van der Waals surface area (Å²) in [6.07, 6.45) is -0.575. The average Bonchev–Trinajstić information content (AvgIpc) is 2.90. The molecule has 11 nitrogen and oxygen atoms in total. The van der Waals surface area contributed by atoms with Gasteiger partial charge in [0.1, 0.15) is 28.9 Å². The molecule has 6 N–H and O–H groups in total. The fraction of sp³-hybridized carbons (Fsp3) is 0.533. The van der Waals surface area contributed by atoms with Gasteiger partial charge in [0, 0.05) is 29.6 Å². The summed E-state index contributed by atoms with van der Waals surface area (Å²) in [6, 6.07) is 3.25. The van der Waals surface area contributed by atoms with Gasteiger partial charge in [-0.3, -0.25) is 24.1 Å². The normalized spacial score (nSPS) is 29.0. The number of nitrogens with zero attached hydrogens (tertiary/aromatic N) is 1. The lowest BCUT2D eigenvalue weighted by molar-refractivity contribution is -0.185. The molecule has 1 aromatic carbocycles. The number of likely N-dealkylation sites (N-methyl/N-ethyl adjacent to an activating group) is 1. The zero-order valence-electron chi connectivity index (χ0n) is 24.3. The summed E-state index contributed by atoms with van der Waals surface area (Å²) in [6.45, 7) is 5.74. The van der Waals surface area contributed by atoms with E-state index in [0.29, 0.717) is 17.2 Å². The summed E-state index contributed by atoms with van der Waals surface area (Å²) < 4.78 is 5.94. The van der Waals surface area contributed by atoms with E-state index in [0.717, 1.165) is 12.2 Å². The van der Waals surface area contributed by atoms with Crippen LogP contribution in [0.1, 0.15) is 50.7 Å². The van der Waals surface area contributed by atoms with Crippen molar-refractivity contribution in [1.82, 2.24) is 4.90 Å². The number of carbonyl (C=O) groups is 4. The van der Waals surface area contributed by atoms with E-state index in [4.69, 9.17) is 10.5 Å². The molecule has 0 heterocycles. The molecule has 0 spiro atoms. The van der Waals surface area contributed by atoms with Crippen molar-refractivity contribution in [3.63, 3.8) is 0 Å². The minimum Gasteiger partial charge on any atom is -0.508 e. The maximum Gasteiger partial charge on any atom is 0.305 e. The number of thioether (sulfide) groups is 1. The van der Waals surface area contributed by atoms with Crippen LogP contribution in [0.2, 0.25) is 0 Å². The van der Waals surface area contributed by atoms with Gasteiger partial charge >= 0.3 is 5.97 Å². The summed E-state index contributed by atoms with van der Waals surface area (Å²) in [5.74, 6) is -7.98. The highest BCUT2D eigenvalue weighted by Gasteiger charge is 2.69. The first-order valence-corrected chi connectivity index (χ1v) is 15.1. The third-order valence-corrected chi connectivity index (χ3v) is 9.58. The summed E-state index contributed by atoms with van der Waals surface area (Å²) in [7, 11) is 2.98. The second-order valence-electron chi connectivity index (χ2n) is 11.7. The van der Waals surface area contributed by atoms with Crippen LogP contribution < -0.4 is 5.73 Å². The minimum absolute atomic E-state index is 0.0104. The van der Waals surface area contributed by atoms with Crippen molar-refractivity contribution in [3.05, 3.63) is 46.2 Å². The second-order valence-corrected chi connectivity index (χ2v) is 12.8. The number of nitrogens with two attached hydrogens (primary N) is 1. The van der Waals surface area contributed by atoms with Crippen molar-refractivity contribution < 1.29 is 44.3 Å². The first kappa shape index (κ1) is 31.6. The van der Waals surface area contributed by atoms with Gasteiger partial charge in [-0.05, 0) is 43.8 Å². The van der Waals surface area contributed by atoms with E-state index in [1.807, 2.05) is 0 Å². The monoisotopic (exact) mass is 602 g/mol. The van der Waals surface area contributed by atoms with Crippen molar-refractivity contribution in [2.75, 3.05) is 25.6 Å². The number of aliphatic hydroxyl groups is 3. The molecule has 3 aliphatic rings. The predicted octanol–water partition coefficient (Wildman–Crippen LogP) is 2.22. The Balaban J connectivity index is 2.04. The van der Waals surface area contributed by atoms with Crippen LogP contribution >= 0.6 is 11.8 Å². The summed E-state index contributed by atoms with van der Waals surface area (Å²) >= 11 is 1.59. The first-order chi connectivity index (χ1) is 19.7. The lowest BCUT2D eigenvalue weighted by Gasteiger charge is -2.54. The van der Waals surface area contributed by atoms with E-state index >= 15 is 0 Å². The molecule has 0 unspecified atom stereocenters. The van der Waals surface area contributed by atoms with Gasteiger partial charge in [-0.1, -0.05) is 32.9 Å². The number of ether oxygens (including phenoxy) is 1. The zero-order chi connectivity index (χ0) is 31.3. The number of phenolic OH excluding ortho intramolecular Hbond substituents is 1. The molecule has 228 valence electrons. The molecule has 0 aliphatic heterocycles. The lowest BCUT2D eigenvalue weighted by atomic mass is 9.54. The number of amides is 1. The topological polar surface area (TPSA) is 188 Å². The fourth-order valence-electron chi connectivity index (χ4n) is 6.47. The smallest absolute Gasteiger partial charge is 0.305 e. The van der Waals surface area contributed by atoms with Crippen molar-refractivity contribution in [2.45, 2.75) is 57.3 Å². The number of Topliss-reactive ketones (excluding diaryl/α,β-unsaturated/α-hetero) is 2. The number of fused-ring (bicyclic) bond motifs is 3. The molecule has 1 amide bonds. The Morgan fingerprint density at radius 1 is 1.17 bits per heavy atom. The Labute approximate surface area is 248 Å². The molecular weight excluding hydrogens is 564 g/mol. The van der Waals surface area contributed by atoms with Crippen LogP contribution in [0, 0.1) is 17.8 Å². The van der Waals surface area contributed by atoms with Gasteiger partial charge in [0.05, 0.1) is 17.5 Å². The first-order valence-electron chi connectivity index (χ1n) is 13.9. The second kappa shape index (κ2) is 11.7. The van der Waals surface area contributed by atoms with E-state index < -0.39 is 76.0 Å². The number of aromatic hydroxyl groups is 1. The molecule has 12 heteroatoms. The lowest BCUT2D eigenvalue weighted by Crippen LogP contribution is -2.71. The van der Waals surface area contributed by atoms with E-state index in [9.17, 15) is 39.6 Å². The number of hydrogen-bond donors (Lipinski definition) is 5. The molecule has 0 bridgehead atoms. The number of carbonyl (C=O) groups excluding carboxylic acids is 4. The maximum atomic E-state index is 14.4. The Hall–Kier alpha value is -3.35. The minimum atomic E-state index is -2.96. The number of esters is 1. The third-order valence-electron chi connectivity index (χ3n) is 8.46. The summed E-state index contributed by atoms with van der Waals surface area (Å²) in [4.78, 5) is 54.6.